The molecule has 1 fully saturated rings. The topological polar surface area (TPSA) is 54.4 Å². The van der Waals surface area contributed by atoms with E-state index in [0.29, 0.717) is 11.5 Å². The Kier molecular flexibility index (Phi) is 3.43. The molecule has 0 atom stereocenters. The molecule has 0 bridgehead atoms. The first-order chi connectivity index (χ1) is 9.65. The first-order valence-corrected chi connectivity index (χ1v) is 7.27. The van der Waals surface area contributed by atoms with Crippen molar-refractivity contribution in [1.82, 2.24) is 0 Å². The highest BCUT2D eigenvalue weighted by Crippen LogP contribution is 2.31. The van der Waals surface area contributed by atoms with E-state index < -0.39 is 5.97 Å². The fourth-order valence-corrected chi connectivity index (χ4v) is 3.28. The second-order valence-electron chi connectivity index (χ2n) is 5.74. The van der Waals surface area contributed by atoms with E-state index in [0.717, 1.165) is 24.0 Å². The maximum absolute atomic E-state index is 12.5. The summed E-state index contributed by atoms with van der Waals surface area (Å²) in [5, 5.41) is 9.00. The summed E-state index contributed by atoms with van der Waals surface area (Å²) in [4.78, 5) is 23.4. The SMILES string of the molecule is O=C(O)c1ccc2c(c1)CC/C(=C/C1CCCC1)C2=O. The zero-order valence-corrected chi connectivity index (χ0v) is 11.4. The van der Waals surface area contributed by atoms with E-state index in [4.69, 9.17) is 5.11 Å². The minimum Gasteiger partial charge on any atom is -0.478 e. The number of rotatable bonds is 2. The standard InChI is InChI=1S/C17H18O3/c18-16-13(9-11-3-1-2-4-11)6-5-12-10-14(17(19)20)7-8-15(12)16/h7-11H,1-6H2,(H,19,20)/b13-9-. The van der Waals surface area contributed by atoms with Crippen LogP contribution in [0.25, 0.3) is 0 Å². The van der Waals surface area contributed by atoms with Crippen LogP contribution in [0.5, 0.6) is 0 Å². The van der Waals surface area contributed by atoms with Gasteiger partial charge in [-0.25, -0.2) is 4.79 Å². The number of carbonyl (C=O) groups is 2. The predicted octanol–water partition coefficient (Wildman–Crippen LogP) is 3.63. The number of allylic oxidation sites excluding steroid dienone is 2. The lowest BCUT2D eigenvalue weighted by atomic mass is 9.84. The van der Waals surface area contributed by atoms with Crippen molar-refractivity contribution in [1.29, 1.82) is 0 Å². The second-order valence-corrected chi connectivity index (χ2v) is 5.74. The molecule has 0 unspecified atom stereocenters. The van der Waals surface area contributed by atoms with Crippen molar-refractivity contribution in [2.24, 2.45) is 5.92 Å². The highest BCUT2D eigenvalue weighted by atomic mass is 16.4. The van der Waals surface area contributed by atoms with Gasteiger partial charge in [-0.2, -0.15) is 0 Å². The first-order valence-electron chi connectivity index (χ1n) is 7.27. The molecule has 0 saturated heterocycles. The molecule has 0 aliphatic heterocycles. The van der Waals surface area contributed by atoms with Gasteiger partial charge >= 0.3 is 5.97 Å². The van der Waals surface area contributed by atoms with Gasteiger partial charge in [0.05, 0.1) is 5.56 Å². The van der Waals surface area contributed by atoms with Crippen LogP contribution in [0.3, 0.4) is 0 Å². The number of carboxylic acid groups (broad SMARTS) is 1. The summed E-state index contributed by atoms with van der Waals surface area (Å²) in [7, 11) is 0. The molecule has 0 aromatic heterocycles. The van der Waals surface area contributed by atoms with E-state index in [1.165, 1.54) is 31.7 Å². The van der Waals surface area contributed by atoms with Gasteiger partial charge in [-0.05, 0) is 60.9 Å². The largest absolute Gasteiger partial charge is 0.478 e. The number of hydrogen-bond donors (Lipinski definition) is 1. The lowest BCUT2D eigenvalue weighted by Gasteiger charge is -2.19. The maximum atomic E-state index is 12.5. The number of carboxylic acids is 1. The number of benzene rings is 1. The fourth-order valence-electron chi connectivity index (χ4n) is 3.28. The van der Waals surface area contributed by atoms with E-state index in [-0.39, 0.29) is 11.3 Å². The van der Waals surface area contributed by atoms with Crippen LogP contribution >= 0.6 is 0 Å². The lowest BCUT2D eigenvalue weighted by molar-refractivity contribution is 0.0696. The molecule has 0 amide bonds. The average Bonchev–Trinajstić information content (AvgIpc) is 2.94. The van der Waals surface area contributed by atoms with Gasteiger partial charge in [0, 0.05) is 5.56 Å². The molecule has 2 aliphatic rings. The van der Waals surface area contributed by atoms with E-state index in [9.17, 15) is 9.59 Å². The lowest BCUT2D eigenvalue weighted by Crippen LogP contribution is -2.16. The Balaban J connectivity index is 1.89. The van der Waals surface area contributed by atoms with Crippen molar-refractivity contribution in [2.75, 3.05) is 0 Å². The molecule has 1 aromatic carbocycles. The van der Waals surface area contributed by atoms with Crippen LogP contribution < -0.4 is 0 Å². The van der Waals surface area contributed by atoms with Gasteiger partial charge in [0.15, 0.2) is 5.78 Å². The molecule has 2 aliphatic carbocycles. The Bertz CT molecular complexity index is 592. The van der Waals surface area contributed by atoms with Gasteiger partial charge in [-0.1, -0.05) is 18.9 Å². The highest BCUT2D eigenvalue weighted by Gasteiger charge is 2.24. The summed E-state index contributed by atoms with van der Waals surface area (Å²) in [6, 6.07) is 4.84. The molecule has 0 radical (unpaired) electrons. The van der Waals surface area contributed by atoms with Crippen LogP contribution in [0.1, 0.15) is 58.4 Å². The average molecular weight is 270 g/mol. The number of hydrogen-bond acceptors (Lipinski definition) is 2. The Hall–Kier alpha value is -1.90. The van der Waals surface area contributed by atoms with Crippen molar-refractivity contribution < 1.29 is 14.7 Å². The number of Topliss-reactive ketones (excluding diaryl/α,β-unsaturated/α-hetero) is 1. The fraction of sp³-hybridized carbons (Fsp3) is 0.412. The number of carbonyl (C=O) groups excluding carboxylic acids is 1. The van der Waals surface area contributed by atoms with Gasteiger partial charge in [-0.15, -0.1) is 0 Å². The minimum atomic E-state index is -0.937. The Morgan fingerprint density at radius 3 is 2.65 bits per heavy atom. The zero-order valence-electron chi connectivity index (χ0n) is 11.4. The van der Waals surface area contributed by atoms with Crippen LogP contribution in [0, 0.1) is 5.92 Å². The number of aromatic carboxylic acids is 1. The maximum Gasteiger partial charge on any atom is 0.335 e. The van der Waals surface area contributed by atoms with Crippen molar-refractivity contribution in [3.05, 3.63) is 46.5 Å². The summed E-state index contributed by atoms with van der Waals surface area (Å²) in [5.74, 6) is -0.281. The van der Waals surface area contributed by atoms with Crippen molar-refractivity contribution in [3.8, 4) is 0 Å². The number of aryl methyl sites for hydroxylation is 1. The van der Waals surface area contributed by atoms with Crippen molar-refractivity contribution in [3.63, 3.8) is 0 Å². The number of ketones is 1. The molecule has 1 aromatic rings. The quantitative estimate of drug-likeness (QED) is 0.835. The first kappa shape index (κ1) is 13.1. The molecule has 3 rings (SSSR count). The highest BCUT2D eigenvalue weighted by molar-refractivity contribution is 6.11. The van der Waals surface area contributed by atoms with Gasteiger partial charge in [0.25, 0.3) is 0 Å². The predicted molar refractivity (Wildman–Crippen MR) is 76.1 cm³/mol. The third-order valence-corrected chi connectivity index (χ3v) is 4.39. The summed E-state index contributed by atoms with van der Waals surface area (Å²) < 4.78 is 0. The summed E-state index contributed by atoms with van der Waals surface area (Å²) >= 11 is 0. The van der Waals surface area contributed by atoms with Crippen molar-refractivity contribution >= 4 is 11.8 Å². The molecule has 0 spiro atoms. The summed E-state index contributed by atoms with van der Waals surface area (Å²) in [5.41, 5.74) is 2.75. The Morgan fingerprint density at radius 2 is 1.95 bits per heavy atom. The van der Waals surface area contributed by atoms with Crippen LogP contribution in [-0.4, -0.2) is 16.9 Å². The molecule has 20 heavy (non-hydrogen) atoms. The normalized spacial score (nSPS) is 21.2. The molecule has 1 saturated carbocycles. The third kappa shape index (κ3) is 2.40. The number of fused-ring (bicyclic) bond motifs is 1. The van der Waals surface area contributed by atoms with Gasteiger partial charge < -0.3 is 5.11 Å². The van der Waals surface area contributed by atoms with Crippen LogP contribution in [0.4, 0.5) is 0 Å². The Morgan fingerprint density at radius 1 is 1.20 bits per heavy atom. The molecule has 1 N–H and O–H groups in total. The molecule has 3 heteroatoms. The third-order valence-electron chi connectivity index (χ3n) is 4.39. The molecule has 3 nitrogen and oxygen atoms in total. The van der Waals surface area contributed by atoms with Gasteiger partial charge in [0.2, 0.25) is 0 Å². The molecular formula is C17H18O3. The summed E-state index contributed by atoms with van der Waals surface area (Å²) in [6.45, 7) is 0. The molecular weight excluding hydrogens is 252 g/mol. The van der Waals surface area contributed by atoms with Crippen LogP contribution in [0.15, 0.2) is 29.8 Å². The van der Waals surface area contributed by atoms with Gasteiger partial charge in [0.1, 0.15) is 0 Å². The van der Waals surface area contributed by atoms with Crippen LogP contribution in [-0.2, 0) is 6.42 Å². The van der Waals surface area contributed by atoms with Crippen molar-refractivity contribution in [2.45, 2.75) is 38.5 Å². The molecule has 0 heterocycles. The molecule has 104 valence electrons. The Labute approximate surface area is 118 Å². The van der Waals surface area contributed by atoms with E-state index >= 15 is 0 Å². The monoisotopic (exact) mass is 270 g/mol. The minimum absolute atomic E-state index is 0.0927. The zero-order chi connectivity index (χ0) is 14.1. The van der Waals surface area contributed by atoms with Gasteiger partial charge in [-0.3, -0.25) is 4.79 Å². The van der Waals surface area contributed by atoms with Crippen LogP contribution in [0.2, 0.25) is 0 Å². The van der Waals surface area contributed by atoms with E-state index in [1.807, 2.05) is 0 Å². The van der Waals surface area contributed by atoms with E-state index in [2.05, 4.69) is 6.08 Å². The second kappa shape index (κ2) is 5.23. The van der Waals surface area contributed by atoms with E-state index in [1.54, 1.807) is 12.1 Å². The summed E-state index contributed by atoms with van der Waals surface area (Å²) in [6.07, 6.45) is 8.60. The smallest absolute Gasteiger partial charge is 0.335 e.